The number of terminal acetylenes is 1. The minimum atomic E-state index is -0.254. The molecule has 0 bridgehead atoms. The van der Waals surface area contributed by atoms with Gasteiger partial charge in [0.05, 0.1) is 35.1 Å². The van der Waals surface area contributed by atoms with Crippen molar-refractivity contribution in [3.8, 4) is 18.1 Å². The van der Waals surface area contributed by atoms with Gasteiger partial charge >= 0.3 is 0 Å². The van der Waals surface area contributed by atoms with Crippen molar-refractivity contribution < 1.29 is 14.3 Å². The topological polar surface area (TPSA) is 88.6 Å². The molecule has 8 nitrogen and oxygen atoms in total. The molecule has 1 aromatic heterocycles. The van der Waals surface area contributed by atoms with Gasteiger partial charge in [-0.25, -0.2) is 9.97 Å². The summed E-state index contributed by atoms with van der Waals surface area (Å²) in [6.45, 7) is 7.84. The summed E-state index contributed by atoms with van der Waals surface area (Å²) in [5.41, 5.74) is 2.46. The Kier molecular flexibility index (Phi) is 8.96. The van der Waals surface area contributed by atoms with Gasteiger partial charge in [-0.2, -0.15) is 0 Å². The molecular weight excluding hydrogens is 490 g/mol. The second kappa shape index (κ2) is 12.5. The lowest BCUT2D eigenvalue weighted by Crippen LogP contribution is -2.23. The number of aromatic nitrogens is 2. The van der Waals surface area contributed by atoms with Crippen LogP contribution in [-0.4, -0.2) is 59.7 Å². The van der Waals surface area contributed by atoms with E-state index in [4.69, 9.17) is 27.5 Å². The number of likely N-dealkylation sites (N-methyl/N-ethyl adjacent to an activating group) is 1. The molecule has 0 saturated carbocycles. The van der Waals surface area contributed by atoms with E-state index in [9.17, 15) is 4.79 Å². The molecule has 9 heteroatoms. The van der Waals surface area contributed by atoms with Crippen LogP contribution in [0.15, 0.2) is 48.8 Å². The molecule has 1 aliphatic heterocycles. The highest BCUT2D eigenvalue weighted by molar-refractivity contribution is 6.33. The Hall–Kier alpha value is -3.64. The molecule has 2 aromatic carbocycles. The van der Waals surface area contributed by atoms with E-state index >= 15 is 0 Å². The van der Waals surface area contributed by atoms with E-state index in [1.165, 1.54) is 12.4 Å². The summed E-state index contributed by atoms with van der Waals surface area (Å²) < 4.78 is 11.7. The lowest BCUT2D eigenvalue weighted by molar-refractivity contribution is -0.111. The highest BCUT2D eigenvalue weighted by Gasteiger charge is 2.21. The van der Waals surface area contributed by atoms with Crippen LogP contribution in [0.4, 0.5) is 17.2 Å². The minimum Gasteiger partial charge on any atom is -0.486 e. The van der Waals surface area contributed by atoms with Crippen molar-refractivity contribution in [2.24, 2.45) is 0 Å². The normalized spacial score (nSPS) is 15.3. The van der Waals surface area contributed by atoms with E-state index in [-0.39, 0.29) is 12.0 Å². The van der Waals surface area contributed by atoms with Gasteiger partial charge in [-0.15, -0.1) is 6.42 Å². The number of fused-ring (bicyclic) bond motifs is 1. The van der Waals surface area contributed by atoms with Crippen LogP contribution in [-0.2, 0) is 9.53 Å². The van der Waals surface area contributed by atoms with Crippen LogP contribution >= 0.6 is 11.6 Å². The fourth-order valence-corrected chi connectivity index (χ4v) is 4.13. The molecular formula is C28H30ClN5O3. The maximum Gasteiger partial charge on any atom is 0.248 e. The second-order valence-corrected chi connectivity index (χ2v) is 8.94. The fraction of sp³-hybridized carbons (Fsp3) is 0.321. The Bertz CT molecular complexity index is 1330. The zero-order chi connectivity index (χ0) is 26.2. The third kappa shape index (κ3) is 6.77. The molecule has 2 N–H and O–H groups in total. The molecule has 1 amide bonds. The average Bonchev–Trinajstić information content (AvgIpc) is 3.42. The first-order chi connectivity index (χ1) is 18.0. The molecule has 1 saturated heterocycles. The van der Waals surface area contributed by atoms with Crippen molar-refractivity contribution in [2.75, 3.05) is 43.5 Å². The van der Waals surface area contributed by atoms with Gasteiger partial charge in [-0.1, -0.05) is 37.4 Å². The number of anilines is 3. The maximum absolute atomic E-state index is 12.8. The maximum atomic E-state index is 12.8. The smallest absolute Gasteiger partial charge is 0.248 e. The second-order valence-electron chi connectivity index (χ2n) is 8.53. The van der Waals surface area contributed by atoms with Gasteiger partial charge in [0.15, 0.2) is 0 Å². The molecule has 1 atom stereocenters. The van der Waals surface area contributed by atoms with Crippen molar-refractivity contribution in [1.29, 1.82) is 0 Å². The first-order valence-electron chi connectivity index (χ1n) is 12.3. The largest absolute Gasteiger partial charge is 0.486 e. The highest BCUT2D eigenvalue weighted by Crippen LogP contribution is 2.35. The number of hydrogen-bond donors (Lipinski definition) is 2. The van der Waals surface area contributed by atoms with Crippen LogP contribution in [0.3, 0.4) is 0 Å². The van der Waals surface area contributed by atoms with Crippen LogP contribution in [0.25, 0.3) is 10.9 Å². The number of hydrogen-bond acceptors (Lipinski definition) is 7. The van der Waals surface area contributed by atoms with Gasteiger partial charge in [0, 0.05) is 36.1 Å². The monoisotopic (exact) mass is 519 g/mol. The van der Waals surface area contributed by atoms with Crippen LogP contribution in [0, 0.1) is 12.3 Å². The number of nitrogens with zero attached hydrogens (tertiary/aromatic N) is 3. The van der Waals surface area contributed by atoms with E-state index in [0.29, 0.717) is 64.2 Å². The number of nitrogens with one attached hydrogen (secondary N) is 2. The standard InChI is InChI=1S/C28H30ClN5O3/c1-4-19-9-10-22(29)24(14-19)33-28-21-15-25(32-27(35)8-7-12-34(5-2)6-3)26(16-23(21)30-18-31-28)37-20-11-13-36-17-20/h1,7-10,14-16,18,20H,5-6,11-13,17H2,2-3H3,(H,32,35)(H,30,31,33)/b8-7+. The highest BCUT2D eigenvalue weighted by atomic mass is 35.5. The Labute approximate surface area is 222 Å². The summed E-state index contributed by atoms with van der Waals surface area (Å²) in [4.78, 5) is 23.9. The predicted molar refractivity (Wildman–Crippen MR) is 148 cm³/mol. The fourth-order valence-electron chi connectivity index (χ4n) is 3.97. The lowest BCUT2D eigenvalue weighted by atomic mass is 10.1. The SMILES string of the molecule is C#Cc1ccc(Cl)c(Nc2ncnc3cc(OC4CCOC4)c(NC(=O)/C=C/CN(CC)CC)cc23)c1. The Morgan fingerprint density at radius 3 is 2.84 bits per heavy atom. The Morgan fingerprint density at radius 1 is 1.27 bits per heavy atom. The van der Waals surface area contributed by atoms with E-state index in [2.05, 4.69) is 45.3 Å². The van der Waals surface area contributed by atoms with Gasteiger partial charge in [0.25, 0.3) is 0 Å². The minimum absolute atomic E-state index is 0.101. The van der Waals surface area contributed by atoms with Crippen molar-refractivity contribution >= 4 is 45.6 Å². The summed E-state index contributed by atoms with van der Waals surface area (Å²) in [5, 5.41) is 7.39. The van der Waals surface area contributed by atoms with Gasteiger partial charge < -0.3 is 25.0 Å². The zero-order valence-corrected chi connectivity index (χ0v) is 21.7. The number of benzene rings is 2. The first-order valence-corrected chi connectivity index (χ1v) is 12.6. The molecule has 0 spiro atoms. The molecule has 37 heavy (non-hydrogen) atoms. The summed E-state index contributed by atoms with van der Waals surface area (Å²) in [5.74, 6) is 3.39. The molecule has 2 heterocycles. The number of halogens is 1. The third-order valence-corrected chi connectivity index (χ3v) is 6.42. The summed E-state index contributed by atoms with van der Waals surface area (Å²) in [7, 11) is 0. The average molecular weight is 520 g/mol. The van der Waals surface area contributed by atoms with E-state index in [1.807, 2.05) is 6.08 Å². The first kappa shape index (κ1) is 26.4. The quantitative estimate of drug-likeness (QED) is 0.287. The van der Waals surface area contributed by atoms with Gasteiger partial charge in [0.2, 0.25) is 5.91 Å². The van der Waals surface area contributed by atoms with Crippen LogP contribution in [0.1, 0.15) is 25.8 Å². The molecule has 4 rings (SSSR count). The number of rotatable bonds is 10. The summed E-state index contributed by atoms with van der Waals surface area (Å²) in [6.07, 6.45) is 11.1. The van der Waals surface area contributed by atoms with E-state index in [0.717, 1.165) is 19.5 Å². The van der Waals surface area contributed by atoms with E-state index in [1.54, 1.807) is 30.3 Å². The molecule has 1 aliphatic rings. The summed E-state index contributed by atoms with van der Waals surface area (Å²) in [6, 6.07) is 8.88. The van der Waals surface area contributed by atoms with Gasteiger partial charge in [0.1, 0.15) is 24.0 Å². The summed E-state index contributed by atoms with van der Waals surface area (Å²) >= 11 is 6.39. The molecule has 0 radical (unpaired) electrons. The van der Waals surface area contributed by atoms with Crippen molar-refractivity contribution in [1.82, 2.24) is 14.9 Å². The molecule has 192 valence electrons. The number of amides is 1. The van der Waals surface area contributed by atoms with Crippen molar-refractivity contribution in [3.05, 3.63) is 59.4 Å². The number of carbonyl (C=O) groups excluding carboxylic acids is 1. The molecule has 1 unspecified atom stereocenters. The van der Waals surface area contributed by atoms with Gasteiger partial charge in [-0.3, -0.25) is 4.79 Å². The van der Waals surface area contributed by atoms with E-state index < -0.39 is 0 Å². The molecule has 1 fully saturated rings. The van der Waals surface area contributed by atoms with Gasteiger partial charge in [-0.05, 0) is 37.4 Å². The van der Waals surface area contributed by atoms with Crippen LogP contribution < -0.4 is 15.4 Å². The Balaban J connectivity index is 1.67. The zero-order valence-electron chi connectivity index (χ0n) is 21.0. The van der Waals surface area contributed by atoms with Crippen LogP contribution in [0.5, 0.6) is 5.75 Å². The van der Waals surface area contributed by atoms with Crippen LogP contribution in [0.2, 0.25) is 5.02 Å². The molecule has 3 aromatic rings. The molecule has 0 aliphatic carbocycles. The van der Waals surface area contributed by atoms with Crippen molar-refractivity contribution in [2.45, 2.75) is 26.4 Å². The Morgan fingerprint density at radius 2 is 2.11 bits per heavy atom. The predicted octanol–water partition coefficient (Wildman–Crippen LogP) is 5.01. The third-order valence-electron chi connectivity index (χ3n) is 6.09. The lowest BCUT2D eigenvalue weighted by Gasteiger charge is -2.18. The van der Waals surface area contributed by atoms with Crippen molar-refractivity contribution in [3.63, 3.8) is 0 Å². The number of carbonyl (C=O) groups is 1. The number of ether oxygens (including phenoxy) is 2.